The van der Waals surface area contributed by atoms with Gasteiger partial charge in [0.25, 0.3) is 0 Å². The Kier molecular flexibility index (Phi) is 7.22. The molecule has 0 aliphatic heterocycles. The molecule has 0 unspecified atom stereocenters. The summed E-state index contributed by atoms with van der Waals surface area (Å²) < 4.78 is 6.72. The molecule has 0 atom stereocenters. The van der Waals surface area contributed by atoms with E-state index in [1.54, 1.807) is 17.7 Å². The first-order valence-corrected chi connectivity index (χ1v) is 11.3. The highest BCUT2D eigenvalue weighted by Gasteiger charge is 2.19. The van der Waals surface area contributed by atoms with E-state index in [1.807, 2.05) is 39.0 Å². The normalized spacial score (nSPS) is 10.8. The number of rotatable bonds is 8. The van der Waals surface area contributed by atoms with Gasteiger partial charge in [0.15, 0.2) is 0 Å². The smallest absolute Gasteiger partial charge is 0.341 e. The van der Waals surface area contributed by atoms with Crippen molar-refractivity contribution in [2.75, 3.05) is 17.7 Å². The lowest BCUT2D eigenvalue weighted by molar-refractivity contribution is -0.113. The number of hydrogen-bond acceptors (Lipinski definition) is 8. The van der Waals surface area contributed by atoms with Gasteiger partial charge in [0, 0.05) is 4.88 Å². The molecule has 3 aromatic rings. The maximum atomic E-state index is 12.6. The largest absolute Gasteiger partial charge is 0.462 e. The van der Waals surface area contributed by atoms with Crippen LogP contribution in [0, 0.1) is 13.8 Å². The molecule has 10 heteroatoms. The Morgan fingerprint density at radius 2 is 2.03 bits per heavy atom. The molecule has 0 radical (unpaired) electrons. The molecule has 0 aliphatic rings. The number of nitrogens with one attached hydrogen (secondary N) is 1. The van der Waals surface area contributed by atoms with Gasteiger partial charge in [0.2, 0.25) is 11.1 Å². The minimum Gasteiger partial charge on any atom is -0.462 e. The van der Waals surface area contributed by atoms with Gasteiger partial charge in [-0.3, -0.25) is 4.79 Å². The second-order valence-electron chi connectivity index (χ2n) is 6.53. The second-order valence-corrected chi connectivity index (χ2v) is 8.61. The monoisotopic (exact) mass is 445 g/mol. The highest BCUT2D eigenvalue weighted by atomic mass is 32.2. The number of thiophene rings is 1. The number of thioether (sulfide) groups is 1. The summed E-state index contributed by atoms with van der Waals surface area (Å²) in [6, 6.07) is 7.80. The van der Waals surface area contributed by atoms with Gasteiger partial charge < -0.3 is 10.1 Å². The first-order chi connectivity index (χ1) is 14.4. The third-order valence-electron chi connectivity index (χ3n) is 4.25. The fourth-order valence-electron chi connectivity index (χ4n) is 2.73. The topological polar surface area (TPSA) is 99.0 Å². The number of esters is 1. The molecular formula is C20H23N5O3S2. The number of aromatic nitrogens is 4. The average Bonchev–Trinajstić information content (AvgIpc) is 3.35. The van der Waals surface area contributed by atoms with Crippen molar-refractivity contribution >= 4 is 40.0 Å². The van der Waals surface area contributed by atoms with Gasteiger partial charge in [-0.05, 0) is 60.9 Å². The lowest BCUT2D eigenvalue weighted by Gasteiger charge is -2.09. The van der Waals surface area contributed by atoms with Crippen molar-refractivity contribution in [3.8, 4) is 5.69 Å². The van der Waals surface area contributed by atoms with Crippen molar-refractivity contribution in [2.24, 2.45) is 0 Å². The zero-order chi connectivity index (χ0) is 21.7. The van der Waals surface area contributed by atoms with E-state index < -0.39 is 5.97 Å². The molecule has 3 rings (SSSR count). The van der Waals surface area contributed by atoms with Gasteiger partial charge in [-0.15, -0.1) is 16.4 Å². The Bertz CT molecular complexity index is 1060. The molecule has 8 nitrogen and oxygen atoms in total. The van der Waals surface area contributed by atoms with E-state index in [9.17, 15) is 9.59 Å². The summed E-state index contributed by atoms with van der Waals surface area (Å²) >= 11 is 2.61. The van der Waals surface area contributed by atoms with Crippen molar-refractivity contribution in [2.45, 2.75) is 39.3 Å². The molecule has 1 N–H and O–H groups in total. The summed E-state index contributed by atoms with van der Waals surface area (Å²) in [6.45, 7) is 8.01. The highest BCUT2D eigenvalue weighted by molar-refractivity contribution is 7.99. The van der Waals surface area contributed by atoms with Crippen molar-refractivity contribution in [1.29, 1.82) is 0 Å². The molecule has 1 amide bonds. The fourth-order valence-corrected chi connectivity index (χ4v) is 4.41. The number of hydrogen-bond donors (Lipinski definition) is 1. The zero-order valence-electron chi connectivity index (χ0n) is 17.3. The summed E-state index contributed by atoms with van der Waals surface area (Å²) in [4.78, 5) is 25.7. The lowest BCUT2D eigenvalue weighted by atomic mass is 10.1. The van der Waals surface area contributed by atoms with Crippen molar-refractivity contribution in [3.05, 3.63) is 45.8 Å². The van der Waals surface area contributed by atoms with Crippen LogP contribution < -0.4 is 5.32 Å². The Morgan fingerprint density at radius 3 is 2.77 bits per heavy atom. The molecule has 0 saturated carbocycles. The minimum absolute atomic E-state index is 0.104. The highest BCUT2D eigenvalue weighted by Crippen LogP contribution is 2.30. The van der Waals surface area contributed by atoms with E-state index in [2.05, 4.69) is 20.8 Å². The standard InChI is InChI=1S/C20H23N5O3S2/c1-5-14-10-15(19(27)28-6-2)18(30-14)21-17(26)11-29-20-22-23-24-25(20)16-9-12(3)7-8-13(16)4/h7-10H,5-6,11H2,1-4H3,(H,21,26). The summed E-state index contributed by atoms with van der Waals surface area (Å²) in [7, 11) is 0. The minimum atomic E-state index is -0.435. The van der Waals surface area contributed by atoms with Gasteiger partial charge in [0.1, 0.15) is 5.00 Å². The van der Waals surface area contributed by atoms with Crippen molar-refractivity contribution in [3.63, 3.8) is 0 Å². The Morgan fingerprint density at radius 1 is 1.23 bits per heavy atom. The third-order valence-corrected chi connectivity index (χ3v) is 6.36. The van der Waals surface area contributed by atoms with Gasteiger partial charge in [0.05, 0.1) is 23.6 Å². The van der Waals surface area contributed by atoms with E-state index >= 15 is 0 Å². The number of carbonyl (C=O) groups is 2. The van der Waals surface area contributed by atoms with Crippen LogP contribution in [-0.2, 0) is 16.0 Å². The van der Waals surface area contributed by atoms with E-state index in [4.69, 9.17) is 4.74 Å². The number of carbonyl (C=O) groups excluding carboxylic acids is 2. The molecule has 0 fully saturated rings. The van der Waals surface area contributed by atoms with E-state index in [0.717, 1.165) is 28.1 Å². The number of nitrogens with zero attached hydrogens (tertiary/aromatic N) is 4. The van der Waals surface area contributed by atoms with Crippen LogP contribution in [0.4, 0.5) is 5.00 Å². The molecule has 0 saturated heterocycles. The van der Waals surface area contributed by atoms with Crippen LogP contribution in [-0.4, -0.2) is 44.4 Å². The molecule has 2 heterocycles. The van der Waals surface area contributed by atoms with Gasteiger partial charge >= 0.3 is 5.97 Å². The van der Waals surface area contributed by atoms with Crippen molar-refractivity contribution < 1.29 is 14.3 Å². The van der Waals surface area contributed by atoms with Crippen LogP contribution in [0.1, 0.15) is 40.2 Å². The van der Waals surface area contributed by atoms with E-state index in [0.29, 0.717) is 15.7 Å². The fraction of sp³-hybridized carbons (Fsp3) is 0.350. The Labute approximate surface area is 183 Å². The third kappa shape index (κ3) is 5.06. The number of amides is 1. The van der Waals surface area contributed by atoms with Gasteiger partial charge in [-0.1, -0.05) is 30.8 Å². The molecule has 30 heavy (non-hydrogen) atoms. The molecule has 2 aromatic heterocycles. The first kappa shape index (κ1) is 22.0. The summed E-state index contributed by atoms with van der Waals surface area (Å²) in [5.74, 6) is -0.576. The molecule has 1 aromatic carbocycles. The molecule has 0 spiro atoms. The van der Waals surface area contributed by atoms with E-state index in [-0.39, 0.29) is 18.3 Å². The lowest BCUT2D eigenvalue weighted by Crippen LogP contribution is -2.16. The van der Waals surface area contributed by atoms with Crippen LogP contribution in [0.15, 0.2) is 29.4 Å². The second kappa shape index (κ2) is 9.86. The van der Waals surface area contributed by atoms with Crippen LogP contribution in [0.5, 0.6) is 0 Å². The molecule has 0 bridgehead atoms. The van der Waals surface area contributed by atoms with E-state index in [1.165, 1.54) is 23.1 Å². The van der Waals surface area contributed by atoms with Crippen LogP contribution in [0.2, 0.25) is 0 Å². The summed E-state index contributed by atoms with van der Waals surface area (Å²) in [6.07, 6.45) is 0.770. The number of anilines is 1. The van der Waals surface area contributed by atoms with Crippen LogP contribution in [0.3, 0.4) is 0 Å². The van der Waals surface area contributed by atoms with Crippen LogP contribution in [0.25, 0.3) is 5.69 Å². The SMILES string of the molecule is CCOC(=O)c1cc(CC)sc1NC(=O)CSc1nnnn1-c1cc(C)ccc1C. The average molecular weight is 446 g/mol. The quantitative estimate of drug-likeness (QED) is 0.416. The van der Waals surface area contributed by atoms with Gasteiger partial charge in [-0.25, -0.2) is 4.79 Å². The van der Waals surface area contributed by atoms with Gasteiger partial charge in [-0.2, -0.15) is 4.68 Å². The number of ether oxygens (including phenoxy) is 1. The molecule has 0 aliphatic carbocycles. The number of aryl methyl sites for hydroxylation is 3. The van der Waals surface area contributed by atoms with Crippen LogP contribution >= 0.6 is 23.1 Å². The first-order valence-electron chi connectivity index (χ1n) is 9.51. The Balaban J connectivity index is 1.71. The number of benzene rings is 1. The summed E-state index contributed by atoms with van der Waals surface area (Å²) in [5.41, 5.74) is 3.38. The number of tetrazole rings is 1. The predicted octanol–water partition coefficient (Wildman–Crippen LogP) is 3.81. The Hall–Kier alpha value is -2.72. The van der Waals surface area contributed by atoms with Crippen molar-refractivity contribution in [1.82, 2.24) is 20.2 Å². The maximum Gasteiger partial charge on any atom is 0.341 e. The molecular weight excluding hydrogens is 422 g/mol. The predicted molar refractivity (Wildman–Crippen MR) is 118 cm³/mol. The molecule has 158 valence electrons. The maximum absolute atomic E-state index is 12.6. The summed E-state index contributed by atoms with van der Waals surface area (Å²) in [5, 5.41) is 15.7. The zero-order valence-corrected chi connectivity index (χ0v) is 18.9.